The Morgan fingerprint density at radius 3 is 2.16 bits per heavy atom. The summed E-state index contributed by atoms with van der Waals surface area (Å²) in [6, 6.07) is 7.22. The van der Waals surface area contributed by atoms with E-state index in [1.807, 2.05) is 19.1 Å². The molecule has 0 aliphatic heterocycles. The van der Waals surface area contributed by atoms with E-state index in [0.29, 0.717) is 17.4 Å². The van der Waals surface area contributed by atoms with Crippen LogP contribution in [-0.4, -0.2) is 28.1 Å². The molecule has 0 saturated heterocycles. The van der Waals surface area contributed by atoms with E-state index in [0.717, 1.165) is 12.0 Å². The molecule has 0 bridgehead atoms. The predicted molar refractivity (Wildman–Crippen MR) is 78.7 cm³/mol. The molecular formula is C14H24N2O2S. The van der Waals surface area contributed by atoms with Gasteiger partial charge < -0.3 is 5.32 Å². The average Bonchev–Trinajstić information content (AvgIpc) is 2.36. The van der Waals surface area contributed by atoms with Gasteiger partial charge in [0.1, 0.15) is 0 Å². The fourth-order valence-electron chi connectivity index (χ4n) is 1.70. The van der Waals surface area contributed by atoms with E-state index < -0.39 is 10.0 Å². The molecule has 1 aromatic carbocycles. The van der Waals surface area contributed by atoms with E-state index in [4.69, 9.17) is 0 Å². The molecule has 0 radical (unpaired) electrons. The van der Waals surface area contributed by atoms with Gasteiger partial charge in [-0.1, -0.05) is 26.0 Å². The number of hydrogen-bond acceptors (Lipinski definition) is 3. The lowest BCUT2D eigenvalue weighted by molar-refractivity contribution is 0.554. The molecule has 1 unspecified atom stereocenters. The van der Waals surface area contributed by atoms with Gasteiger partial charge in [-0.05, 0) is 44.0 Å². The van der Waals surface area contributed by atoms with Crippen LogP contribution in [0.1, 0.15) is 26.3 Å². The van der Waals surface area contributed by atoms with Crippen LogP contribution in [0.5, 0.6) is 0 Å². The summed E-state index contributed by atoms with van der Waals surface area (Å²) in [6.45, 7) is 6.59. The lowest BCUT2D eigenvalue weighted by Gasteiger charge is -2.12. The van der Waals surface area contributed by atoms with E-state index in [1.54, 1.807) is 19.2 Å². The van der Waals surface area contributed by atoms with Crippen LogP contribution >= 0.6 is 0 Å². The van der Waals surface area contributed by atoms with Crippen LogP contribution in [0.4, 0.5) is 0 Å². The minimum absolute atomic E-state index is 0.106. The monoisotopic (exact) mass is 284 g/mol. The summed E-state index contributed by atoms with van der Waals surface area (Å²) < 4.78 is 26.7. The highest BCUT2D eigenvalue weighted by molar-refractivity contribution is 7.89. The van der Waals surface area contributed by atoms with Crippen LogP contribution in [0, 0.1) is 5.92 Å². The Balaban J connectivity index is 2.73. The molecule has 0 aliphatic rings. The number of nitrogens with one attached hydrogen (secondary N) is 2. The van der Waals surface area contributed by atoms with Crippen LogP contribution in [0.2, 0.25) is 0 Å². The van der Waals surface area contributed by atoms with Crippen LogP contribution < -0.4 is 10.0 Å². The zero-order chi connectivity index (χ0) is 14.5. The van der Waals surface area contributed by atoms with Crippen molar-refractivity contribution in [3.8, 4) is 0 Å². The Kier molecular flexibility index (Phi) is 5.97. The number of likely N-dealkylation sites (N-methyl/N-ethyl adjacent to an activating group) is 1. The maximum Gasteiger partial charge on any atom is 0.240 e. The summed E-state index contributed by atoms with van der Waals surface area (Å²) in [7, 11) is -1.60. The van der Waals surface area contributed by atoms with Gasteiger partial charge in [-0.25, -0.2) is 13.1 Å². The summed E-state index contributed by atoms with van der Waals surface area (Å²) in [5.41, 5.74) is 1.16. The van der Waals surface area contributed by atoms with E-state index in [9.17, 15) is 8.42 Å². The molecule has 108 valence electrons. The number of rotatable bonds is 7. The van der Waals surface area contributed by atoms with Crippen LogP contribution in [0.3, 0.4) is 0 Å². The molecule has 0 aliphatic carbocycles. The standard InChI is InChI=1S/C14H24N2O2S/c1-11(2)9-13-5-7-14(8-6-13)19(17,18)16-10-12(3)15-4/h5-8,11-12,15-16H,9-10H2,1-4H3. The molecule has 19 heavy (non-hydrogen) atoms. The normalized spacial score (nSPS) is 13.7. The van der Waals surface area contributed by atoms with Crippen molar-refractivity contribution in [1.82, 2.24) is 10.0 Å². The Morgan fingerprint density at radius 1 is 1.11 bits per heavy atom. The van der Waals surface area contributed by atoms with Crippen molar-refractivity contribution in [2.45, 2.75) is 38.1 Å². The van der Waals surface area contributed by atoms with Crippen molar-refractivity contribution in [1.29, 1.82) is 0 Å². The highest BCUT2D eigenvalue weighted by Crippen LogP contribution is 2.13. The fourth-order valence-corrected chi connectivity index (χ4v) is 2.83. The van der Waals surface area contributed by atoms with Gasteiger partial charge in [0.05, 0.1) is 4.90 Å². The molecule has 0 heterocycles. The molecule has 0 spiro atoms. The van der Waals surface area contributed by atoms with Gasteiger partial charge in [0.2, 0.25) is 10.0 Å². The summed E-state index contributed by atoms with van der Waals surface area (Å²) >= 11 is 0. The number of benzene rings is 1. The van der Waals surface area contributed by atoms with E-state index >= 15 is 0 Å². The summed E-state index contributed by atoms with van der Waals surface area (Å²) in [5, 5.41) is 2.99. The summed E-state index contributed by atoms with van der Waals surface area (Å²) in [4.78, 5) is 0.323. The molecule has 1 rings (SSSR count). The van der Waals surface area contributed by atoms with Crippen molar-refractivity contribution >= 4 is 10.0 Å². The first-order valence-corrected chi connectivity index (χ1v) is 8.09. The Hall–Kier alpha value is -0.910. The zero-order valence-corrected chi connectivity index (χ0v) is 12.9. The molecular weight excluding hydrogens is 260 g/mol. The maximum atomic E-state index is 12.0. The van der Waals surface area contributed by atoms with Gasteiger partial charge in [0.25, 0.3) is 0 Å². The Morgan fingerprint density at radius 2 is 1.68 bits per heavy atom. The highest BCUT2D eigenvalue weighted by atomic mass is 32.2. The predicted octanol–water partition coefficient (Wildman–Crippen LogP) is 1.77. The maximum absolute atomic E-state index is 12.0. The molecule has 0 aromatic heterocycles. The second-order valence-electron chi connectivity index (χ2n) is 5.28. The molecule has 1 atom stereocenters. The molecule has 0 fully saturated rings. The van der Waals surface area contributed by atoms with Crippen molar-refractivity contribution in [2.75, 3.05) is 13.6 Å². The zero-order valence-electron chi connectivity index (χ0n) is 12.1. The van der Waals surface area contributed by atoms with Crippen molar-refractivity contribution in [3.05, 3.63) is 29.8 Å². The molecule has 4 nitrogen and oxygen atoms in total. The van der Waals surface area contributed by atoms with Crippen LogP contribution in [0.15, 0.2) is 29.2 Å². The summed E-state index contributed by atoms with van der Waals surface area (Å²) in [6.07, 6.45) is 0.963. The molecule has 0 saturated carbocycles. The summed E-state index contributed by atoms with van der Waals surface area (Å²) in [5.74, 6) is 0.567. The van der Waals surface area contributed by atoms with Crippen molar-refractivity contribution in [2.24, 2.45) is 5.92 Å². The van der Waals surface area contributed by atoms with Crippen molar-refractivity contribution < 1.29 is 8.42 Å². The third-order valence-corrected chi connectivity index (χ3v) is 4.39. The Bertz CT molecular complexity index is 481. The van der Waals surface area contributed by atoms with E-state index in [-0.39, 0.29) is 6.04 Å². The Labute approximate surface area is 116 Å². The van der Waals surface area contributed by atoms with Gasteiger partial charge in [-0.2, -0.15) is 0 Å². The van der Waals surface area contributed by atoms with Crippen molar-refractivity contribution in [3.63, 3.8) is 0 Å². The first-order valence-electron chi connectivity index (χ1n) is 6.61. The molecule has 5 heteroatoms. The second kappa shape index (κ2) is 7.03. The lowest BCUT2D eigenvalue weighted by atomic mass is 10.0. The fraction of sp³-hybridized carbons (Fsp3) is 0.571. The first kappa shape index (κ1) is 16.1. The molecule has 2 N–H and O–H groups in total. The van der Waals surface area contributed by atoms with E-state index in [2.05, 4.69) is 23.9 Å². The third-order valence-electron chi connectivity index (χ3n) is 2.95. The minimum Gasteiger partial charge on any atom is -0.316 e. The molecule has 1 aromatic rings. The van der Waals surface area contributed by atoms with Crippen LogP contribution in [0.25, 0.3) is 0 Å². The van der Waals surface area contributed by atoms with Gasteiger partial charge in [0, 0.05) is 12.6 Å². The molecule has 0 amide bonds. The van der Waals surface area contributed by atoms with Gasteiger partial charge in [-0.15, -0.1) is 0 Å². The topological polar surface area (TPSA) is 58.2 Å². The quantitative estimate of drug-likeness (QED) is 0.802. The smallest absolute Gasteiger partial charge is 0.240 e. The van der Waals surface area contributed by atoms with Gasteiger partial charge in [0.15, 0.2) is 0 Å². The lowest BCUT2D eigenvalue weighted by Crippen LogP contribution is -2.37. The SMILES string of the molecule is CNC(C)CNS(=O)(=O)c1ccc(CC(C)C)cc1. The highest BCUT2D eigenvalue weighted by Gasteiger charge is 2.14. The van der Waals surface area contributed by atoms with Gasteiger partial charge in [-0.3, -0.25) is 0 Å². The van der Waals surface area contributed by atoms with Gasteiger partial charge >= 0.3 is 0 Å². The first-order chi connectivity index (χ1) is 8.85. The second-order valence-corrected chi connectivity index (χ2v) is 7.05. The average molecular weight is 284 g/mol. The third kappa shape index (κ3) is 5.30. The number of hydrogen-bond donors (Lipinski definition) is 2. The largest absolute Gasteiger partial charge is 0.316 e. The minimum atomic E-state index is -3.40. The van der Waals surface area contributed by atoms with E-state index in [1.165, 1.54) is 0 Å². The van der Waals surface area contributed by atoms with Crippen LogP contribution in [-0.2, 0) is 16.4 Å². The number of sulfonamides is 1.